The number of unbranched alkanes of at least 4 members (excludes halogenated alkanes) is 1. The number of hydrogen-bond acceptors (Lipinski definition) is 5. The highest BCUT2D eigenvalue weighted by molar-refractivity contribution is 7.89. The smallest absolute Gasteiger partial charge is 0.251 e. The Kier molecular flexibility index (Phi) is 6.95. The first-order valence-corrected chi connectivity index (χ1v) is 13.4. The van der Waals surface area contributed by atoms with Gasteiger partial charge >= 0.3 is 0 Å². The minimum atomic E-state index is -3.80. The predicted octanol–water partition coefficient (Wildman–Crippen LogP) is 3.57. The number of imidazole rings is 1. The van der Waals surface area contributed by atoms with Gasteiger partial charge in [-0.2, -0.15) is 0 Å². The average Bonchev–Trinajstić information content (AvgIpc) is 3.12. The number of fused-ring (bicyclic) bond motifs is 2. The van der Waals surface area contributed by atoms with Crippen molar-refractivity contribution in [2.75, 3.05) is 11.4 Å². The van der Waals surface area contributed by atoms with Crippen LogP contribution >= 0.6 is 0 Å². The number of rotatable bonds is 8. The highest BCUT2D eigenvalue weighted by Gasteiger charge is 2.24. The third-order valence-corrected chi connectivity index (χ3v) is 7.12. The number of hydrogen-bond donors (Lipinski definition) is 2. The minimum absolute atomic E-state index is 0.0422. The molecule has 182 valence electrons. The first kappa shape index (κ1) is 24.2. The summed E-state index contributed by atoms with van der Waals surface area (Å²) in [5.74, 6) is 0.833. The van der Waals surface area contributed by atoms with E-state index in [1.165, 1.54) is 0 Å². The number of carbonyl (C=O) groups excluding carboxylic acids is 1. The van der Waals surface area contributed by atoms with E-state index in [9.17, 15) is 13.2 Å². The van der Waals surface area contributed by atoms with Crippen LogP contribution in [0.4, 0.5) is 5.69 Å². The molecule has 0 atom stereocenters. The topological polar surface area (TPSA) is 110 Å². The number of aromatic nitrogens is 2. The van der Waals surface area contributed by atoms with Gasteiger partial charge in [-0.15, -0.1) is 0 Å². The molecule has 3 aromatic rings. The monoisotopic (exact) mass is 483 g/mol. The number of carbonyl (C=O) groups is 1. The molecule has 0 aliphatic carbocycles. The summed E-state index contributed by atoms with van der Waals surface area (Å²) < 4.78 is 25.9. The molecule has 8 nitrogen and oxygen atoms in total. The number of sulfonamides is 1. The third kappa shape index (κ3) is 4.95. The fourth-order valence-electron chi connectivity index (χ4n) is 4.61. The molecule has 9 heteroatoms. The predicted molar refractivity (Wildman–Crippen MR) is 134 cm³/mol. The largest absolute Gasteiger partial charge is 0.364 e. The summed E-state index contributed by atoms with van der Waals surface area (Å²) in [6.45, 7) is 8.30. The molecule has 0 saturated heterocycles. The highest BCUT2D eigenvalue weighted by atomic mass is 32.2. The Morgan fingerprint density at radius 3 is 2.74 bits per heavy atom. The van der Waals surface area contributed by atoms with Gasteiger partial charge in [0.15, 0.2) is 0 Å². The van der Waals surface area contributed by atoms with Crippen LogP contribution in [0, 0.1) is 0 Å². The van der Waals surface area contributed by atoms with Gasteiger partial charge in [0.25, 0.3) is 5.91 Å². The molecule has 2 aromatic carbocycles. The summed E-state index contributed by atoms with van der Waals surface area (Å²) in [6.07, 6.45) is 3.84. The number of aryl methyl sites for hydroxylation is 1. The Hall–Kier alpha value is -2.91. The van der Waals surface area contributed by atoms with Gasteiger partial charge in [-0.05, 0) is 69.0 Å². The lowest BCUT2D eigenvalue weighted by molar-refractivity contribution is 0.0942. The van der Waals surface area contributed by atoms with Gasteiger partial charge in [0.05, 0.1) is 22.5 Å². The van der Waals surface area contributed by atoms with E-state index < -0.39 is 10.0 Å². The van der Waals surface area contributed by atoms with E-state index in [0.717, 1.165) is 66.9 Å². The lowest BCUT2D eigenvalue weighted by atomic mass is 9.95. The Morgan fingerprint density at radius 2 is 2.03 bits per heavy atom. The first-order valence-electron chi connectivity index (χ1n) is 11.9. The van der Waals surface area contributed by atoms with E-state index in [0.29, 0.717) is 12.1 Å². The molecule has 1 aromatic heterocycles. The van der Waals surface area contributed by atoms with Crippen LogP contribution in [0.1, 0.15) is 61.8 Å². The van der Waals surface area contributed by atoms with Gasteiger partial charge < -0.3 is 14.8 Å². The van der Waals surface area contributed by atoms with Crippen molar-refractivity contribution in [3.8, 4) is 0 Å². The molecule has 3 N–H and O–H groups in total. The molecule has 0 fully saturated rings. The van der Waals surface area contributed by atoms with Gasteiger partial charge in [-0.3, -0.25) is 4.79 Å². The van der Waals surface area contributed by atoms with Gasteiger partial charge in [-0.25, -0.2) is 18.5 Å². The molecular weight excluding hydrogens is 450 g/mol. The number of primary sulfonamides is 1. The van der Waals surface area contributed by atoms with Crippen molar-refractivity contribution in [2.45, 2.75) is 70.5 Å². The standard InChI is InChI=1S/C25H33N5O3S/c1-4-5-14-30-23-12-11-18(34(26,32)33)15-21(23)28-24(30)16-29-13-7-9-19-20(8-6-10-22(19)29)25(31)27-17(2)3/h6,8,10-12,15,17H,4-5,7,9,13-14,16H2,1-3H3,(H,27,31)(H2,26,32,33). The van der Waals surface area contributed by atoms with Crippen molar-refractivity contribution in [3.05, 3.63) is 53.3 Å². The fraction of sp³-hybridized carbons (Fsp3) is 0.440. The molecule has 1 amide bonds. The number of nitrogens with zero attached hydrogens (tertiary/aromatic N) is 3. The van der Waals surface area contributed by atoms with E-state index in [-0.39, 0.29) is 16.8 Å². The molecule has 2 heterocycles. The Labute approximate surface area is 201 Å². The summed E-state index contributed by atoms with van der Waals surface area (Å²) in [6, 6.07) is 10.9. The van der Waals surface area contributed by atoms with Crippen molar-refractivity contribution in [2.24, 2.45) is 5.14 Å². The maximum Gasteiger partial charge on any atom is 0.251 e. The van der Waals surface area contributed by atoms with E-state index in [1.54, 1.807) is 18.2 Å². The van der Waals surface area contributed by atoms with Crippen molar-refractivity contribution < 1.29 is 13.2 Å². The van der Waals surface area contributed by atoms with E-state index in [2.05, 4.69) is 27.8 Å². The summed E-state index contributed by atoms with van der Waals surface area (Å²) in [5, 5.41) is 8.35. The fourth-order valence-corrected chi connectivity index (χ4v) is 5.14. The zero-order chi connectivity index (χ0) is 24.5. The second-order valence-electron chi connectivity index (χ2n) is 9.19. The van der Waals surface area contributed by atoms with Crippen LogP contribution in [0.15, 0.2) is 41.3 Å². The van der Waals surface area contributed by atoms with Gasteiger partial charge in [-0.1, -0.05) is 19.4 Å². The SMILES string of the molecule is CCCCn1c(CN2CCCc3c(C(=O)NC(C)C)cccc32)nc2cc(S(N)(=O)=O)ccc21. The molecule has 0 spiro atoms. The van der Waals surface area contributed by atoms with Crippen LogP contribution in [0.25, 0.3) is 11.0 Å². The van der Waals surface area contributed by atoms with Crippen LogP contribution in [0.2, 0.25) is 0 Å². The number of amides is 1. The zero-order valence-electron chi connectivity index (χ0n) is 20.0. The molecular formula is C25H33N5O3S. The Bertz CT molecular complexity index is 1310. The third-order valence-electron chi connectivity index (χ3n) is 6.21. The quantitative estimate of drug-likeness (QED) is 0.509. The first-order chi connectivity index (χ1) is 16.2. The number of nitrogens with two attached hydrogens (primary N) is 1. The zero-order valence-corrected chi connectivity index (χ0v) is 20.9. The van der Waals surface area contributed by atoms with E-state index in [1.807, 2.05) is 26.0 Å². The highest BCUT2D eigenvalue weighted by Crippen LogP contribution is 2.32. The van der Waals surface area contributed by atoms with Crippen LogP contribution in [-0.2, 0) is 29.5 Å². The van der Waals surface area contributed by atoms with Crippen LogP contribution in [-0.4, -0.2) is 36.5 Å². The number of nitrogens with one attached hydrogen (secondary N) is 1. The van der Waals surface area contributed by atoms with Crippen LogP contribution in [0.5, 0.6) is 0 Å². The summed E-state index contributed by atoms with van der Waals surface area (Å²) in [5.41, 5.74) is 4.38. The second kappa shape index (κ2) is 9.76. The Morgan fingerprint density at radius 1 is 1.24 bits per heavy atom. The molecule has 34 heavy (non-hydrogen) atoms. The molecule has 4 rings (SSSR count). The van der Waals surface area contributed by atoms with E-state index in [4.69, 9.17) is 10.1 Å². The summed E-state index contributed by atoms with van der Waals surface area (Å²) in [4.78, 5) is 20.0. The van der Waals surface area contributed by atoms with E-state index >= 15 is 0 Å². The van der Waals surface area contributed by atoms with Crippen LogP contribution < -0.4 is 15.4 Å². The molecule has 0 radical (unpaired) electrons. The number of anilines is 1. The number of benzene rings is 2. The maximum absolute atomic E-state index is 12.8. The Balaban J connectivity index is 1.72. The van der Waals surface area contributed by atoms with Gasteiger partial charge in [0.1, 0.15) is 5.82 Å². The lowest BCUT2D eigenvalue weighted by Crippen LogP contribution is -2.34. The summed E-state index contributed by atoms with van der Waals surface area (Å²) in [7, 11) is -3.80. The van der Waals surface area contributed by atoms with Crippen molar-refractivity contribution in [1.29, 1.82) is 0 Å². The minimum Gasteiger partial charge on any atom is -0.364 e. The maximum atomic E-state index is 12.8. The van der Waals surface area contributed by atoms with Crippen molar-refractivity contribution >= 4 is 32.7 Å². The average molecular weight is 484 g/mol. The normalized spacial score (nSPS) is 14.0. The molecule has 1 aliphatic rings. The lowest BCUT2D eigenvalue weighted by Gasteiger charge is -2.32. The van der Waals surface area contributed by atoms with Crippen molar-refractivity contribution in [3.63, 3.8) is 0 Å². The van der Waals surface area contributed by atoms with Gasteiger partial charge in [0.2, 0.25) is 10.0 Å². The molecule has 0 unspecified atom stereocenters. The molecule has 0 saturated carbocycles. The van der Waals surface area contributed by atoms with Crippen LogP contribution in [0.3, 0.4) is 0 Å². The second-order valence-corrected chi connectivity index (χ2v) is 10.7. The molecule has 1 aliphatic heterocycles. The van der Waals surface area contributed by atoms with Gasteiger partial charge in [0, 0.05) is 30.4 Å². The molecule has 0 bridgehead atoms. The van der Waals surface area contributed by atoms with Crippen molar-refractivity contribution in [1.82, 2.24) is 14.9 Å². The summed E-state index contributed by atoms with van der Waals surface area (Å²) >= 11 is 0.